The first kappa shape index (κ1) is 8.12. The average Bonchev–Trinajstić information content (AvgIpc) is 2.05. The molecule has 60 valence electrons. The van der Waals surface area contributed by atoms with Crippen molar-refractivity contribution in [2.75, 3.05) is 7.05 Å². The third-order valence-electron chi connectivity index (χ3n) is 1.96. The number of hydrogen-bond acceptors (Lipinski definition) is 1. The van der Waals surface area contributed by atoms with E-state index in [9.17, 15) is 0 Å². The molecular formula is C10H15N. The molecule has 0 bridgehead atoms. The second kappa shape index (κ2) is 3.42. The molecular weight excluding hydrogens is 134 g/mol. The standard InChI is InChI=1S/C10H15N/c1-8-4-6-10(7-5-8)9(2)11-3/h4,6-8,11H,2,5H2,1,3H3. The molecule has 1 aliphatic carbocycles. The van der Waals surface area contributed by atoms with Crippen molar-refractivity contribution < 1.29 is 0 Å². The highest BCUT2D eigenvalue weighted by atomic mass is 14.8. The van der Waals surface area contributed by atoms with Crippen LogP contribution >= 0.6 is 0 Å². The number of rotatable bonds is 2. The zero-order valence-electron chi connectivity index (χ0n) is 7.22. The van der Waals surface area contributed by atoms with Crippen LogP contribution in [0, 0.1) is 5.92 Å². The van der Waals surface area contributed by atoms with Crippen LogP contribution in [0.4, 0.5) is 0 Å². The molecule has 1 aliphatic rings. The van der Waals surface area contributed by atoms with E-state index < -0.39 is 0 Å². The molecule has 0 aromatic heterocycles. The van der Waals surface area contributed by atoms with Crippen LogP contribution < -0.4 is 5.32 Å². The molecule has 1 unspecified atom stereocenters. The van der Waals surface area contributed by atoms with Crippen molar-refractivity contribution in [2.24, 2.45) is 5.92 Å². The summed E-state index contributed by atoms with van der Waals surface area (Å²) in [5.74, 6) is 0.684. The maximum Gasteiger partial charge on any atom is 0.0334 e. The molecule has 1 rings (SSSR count). The van der Waals surface area contributed by atoms with Gasteiger partial charge in [0.05, 0.1) is 0 Å². The first-order valence-electron chi connectivity index (χ1n) is 3.99. The van der Waals surface area contributed by atoms with Gasteiger partial charge in [-0.05, 0) is 17.9 Å². The second-order valence-electron chi connectivity index (χ2n) is 2.96. The summed E-state index contributed by atoms with van der Waals surface area (Å²) >= 11 is 0. The predicted octanol–water partition coefficient (Wildman–Crippen LogP) is 2.24. The van der Waals surface area contributed by atoms with Crippen molar-refractivity contribution in [2.45, 2.75) is 13.3 Å². The van der Waals surface area contributed by atoms with Gasteiger partial charge in [0.15, 0.2) is 0 Å². The monoisotopic (exact) mass is 149 g/mol. The first-order valence-corrected chi connectivity index (χ1v) is 3.99. The van der Waals surface area contributed by atoms with Crippen LogP contribution in [0.15, 0.2) is 36.1 Å². The van der Waals surface area contributed by atoms with Gasteiger partial charge in [-0.3, -0.25) is 0 Å². The fourth-order valence-corrected chi connectivity index (χ4v) is 1.10. The third kappa shape index (κ3) is 1.97. The van der Waals surface area contributed by atoms with E-state index in [1.807, 2.05) is 7.05 Å². The topological polar surface area (TPSA) is 12.0 Å². The Morgan fingerprint density at radius 1 is 1.73 bits per heavy atom. The Labute approximate surface area is 68.5 Å². The van der Waals surface area contributed by atoms with Crippen LogP contribution in [0.25, 0.3) is 0 Å². The summed E-state index contributed by atoms with van der Waals surface area (Å²) in [5, 5.41) is 3.04. The molecule has 0 fully saturated rings. The zero-order chi connectivity index (χ0) is 8.27. The minimum Gasteiger partial charge on any atom is -0.388 e. The molecule has 1 heteroatoms. The minimum atomic E-state index is 0.684. The summed E-state index contributed by atoms with van der Waals surface area (Å²) in [7, 11) is 1.90. The van der Waals surface area contributed by atoms with Crippen LogP contribution in [0.2, 0.25) is 0 Å². The number of allylic oxidation sites excluding steroid dienone is 3. The molecule has 0 aliphatic heterocycles. The van der Waals surface area contributed by atoms with E-state index in [0.717, 1.165) is 12.1 Å². The smallest absolute Gasteiger partial charge is 0.0334 e. The van der Waals surface area contributed by atoms with Crippen molar-refractivity contribution in [3.05, 3.63) is 36.1 Å². The third-order valence-corrected chi connectivity index (χ3v) is 1.96. The van der Waals surface area contributed by atoms with Gasteiger partial charge in [0.2, 0.25) is 0 Å². The lowest BCUT2D eigenvalue weighted by molar-refractivity contribution is 0.730. The Kier molecular flexibility index (Phi) is 2.53. The Morgan fingerprint density at radius 2 is 2.45 bits per heavy atom. The Bertz CT molecular complexity index is 211. The zero-order valence-corrected chi connectivity index (χ0v) is 7.22. The Balaban J connectivity index is 2.63. The molecule has 0 heterocycles. The molecule has 0 radical (unpaired) electrons. The van der Waals surface area contributed by atoms with Crippen molar-refractivity contribution in [1.29, 1.82) is 0 Å². The average molecular weight is 149 g/mol. The van der Waals surface area contributed by atoms with Gasteiger partial charge in [0.1, 0.15) is 0 Å². The van der Waals surface area contributed by atoms with E-state index in [1.165, 1.54) is 5.57 Å². The lowest BCUT2D eigenvalue weighted by atomic mass is 9.97. The molecule has 0 saturated carbocycles. The molecule has 11 heavy (non-hydrogen) atoms. The SMILES string of the molecule is C=C(NC)C1=CCC(C)C=C1. The number of likely N-dealkylation sites (N-methyl/N-ethyl adjacent to an activating group) is 1. The molecule has 1 nitrogen and oxygen atoms in total. The van der Waals surface area contributed by atoms with Crippen molar-refractivity contribution >= 4 is 0 Å². The van der Waals surface area contributed by atoms with Gasteiger partial charge < -0.3 is 5.32 Å². The van der Waals surface area contributed by atoms with Gasteiger partial charge in [-0.25, -0.2) is 0 Å². The highest BCUT2D eigenvalue weighted by Crippen LogP contribution is 2.18. The van der Waals surface area contributed by atoms with Crippen LogP contribution in [-0.2, 0) is 0 Å². The van der Waals surface area contributed by atoms with E-state index in [2.05, 4.69) is 37.0 Å². The van der Waals surface area contributed by atoms with E-state index in [1.54, 1.807) is 0 Å². The number of hydrogen-bond donors (Lipinski definition) is 1. The molecule has 0 aromatic rings. The van der Waals surface area contributed by atoms with Gasteiger partial charge in [-0.2, -0.15) is 0 Å². The molecule has 1 N–H and O–H groups in total. The van der Waals surface area contributed by atoms with Gasteiger partial charge in [0, 0.05) is 12.7 Å². The quantitative estimate of drug-likeness (QED) is 0.635. The van der Waals surface area contributed by atoms with Crippen molar-refractivity contribution in [3.8, 4) is 0 Å². The largest absolute Gasteiger partial charge is 0.388 e. The highest BCUT2D eigenvalue weighted by Gasteiger charge is 2.04. The van der Waals surface area contributed by atoms with Gasteiger partial charge in [0.25, 0.3) is 0 Å². The molecule has 0 aromatic carbocycles. The van der Waals surface area contributed by atoms with Crippen molar-refractivity contribution in [1.82, 2.24) is 5.32 Å². The normalized spacial score (nSPS) is 22.7. The summed E-state index contributed by atoms with van der Waals surface area (Å²) in [6.07, 6.45) is 7.71. The molecule has 0 saturated heterocycles. The fraction of sp³-hybridized carbons (Fsp3) is 0.400. The minimum absolute atomic E-state index is 0.684. The summed E-state index contributed by atoms with van der Waals surface area (Å²) in [6.45, 7) is 6.11. The first-order chi connectivity index (χ1) is 5.24. The van der Waals surface area contributed by atoms with E-state index in [0.29, 0.717) is 5.92 Å². The van der Waals surface area contributed by atoms with E-state index >= 15 is 0 Å². The second-order valence-corrected chi connectivity index (χ2v) is 2.96. The van der Waals surface area contributed by atoms with Gasteiger partial charge >= 0.3 is 0 Å². The van der Waals surface area contributed by atoms with Gasteiger partial charge in [-0.15, -0.1) is 0 Å². The molecule has 0 amide bonds. The predicted molar refractivity (Wildman–Crippen MR) is 49.2 cm³/mol. The maximum absolute atomic E-state index is 3.89. The van der Waals surface area contributed by atoms with Crippen LogP contribution in [0.1, 0.15) is 13.3 Å². The maximum atomic E-state index is 3.89. The lowest BCUT2D eigenvalue weighted by Gasteiger charge is -2.12. The summed E-state index contributed by atoms with van der Waals surface area (Å²) in [5.41, 5.74) is 2.23. The summed E-state index contributed by atoms with van der Waals surface area (Å²) in [4.78, 5) is 0. The van der Waals surface area contributed by atoms with Crippen LogP contribution in [0.3, 0.4) is 0 Å². The summed E-state index contributed by atoms with van der Waals surface area (Å²) < 4.78 is 0. The lowest BCUT2D eigenvalue weighted by Crippen LogP contribution is -2.07. The summed E-state index contributed by atoms with van der Waals surface area (Å²) in [6, 6.07) is 0. The van der Waals surface area contributed by atoms with E-state index in [4.69, 9.17) is 0 Å². The van der Waals surface area contributed by atoms with Gasteiger partial charge in [-0.1, -0.05) is 31.7 Å². The number of nitrogens with one attached hydrogen (secondary N) is 1. The van der Waals surface area contributed by atoms with Crippen molar-refractivity contribution in [3.63, 3.8) is 0 Å². The fourth-order valence-electron chi connectivity index (χ4n) is 1.10. The highest BCUT2D eigenvalue weighted by molar-refractivity contribution is 5.38. The molecule has 0 spiro atoms. The van der Waals surface area contributed by atoms with Crippen LogP contribution in [-0.4, -0.2) is 7.05 Å². The van der Waals surface area contributed by atoms with E-state index in [-0.39, 0.29) is 0 Å². The van der Waals surface area contributed by atoms with Crippen LogP contribution in [0.5, 0.6) is 0 Å². The molecule has 1 atom stereocenters. The Hall–Kier alpha value is -0.980. The Morgan fingerprint density at radius 3 is 2.91 bits per heavy atom.